The molecule has 178 valence electrons. The zero-order chi connectivity index (χ0) is 23.8. The summed E-state index contributed by atoms with van der Waals surface area (Å²) in [6.07, 6.45) is -0.123. The van der Waals surface area contributed by atoms with E-state index in [1.165, 1.54) is 21.9 Å². The van der Waals surface area contributed by atoms with Gasteiger partial charge in [0.2, 0.25) is 0 Å². The van der Waals surface area contributed by atoms with Crippen LogP contribution in [0.5, 0.6) is 0 Å². The topological polar surface area (TPSA) is 24.5 Å². The third kappa shape index (κ3) is 4.48. The zero-order valence-corrected chi connectivity index (χ0v) is 21.5. The Hall–Kier alpha value is -2.05. The lowest BCUT2D eigenvalue weighted by Crippen LogP contribution is -2.51. The second-order valence-electron chi connectivity index (χ2n) is 9.30. The molecule has 6 heteroatoms. The molecule has 6 rings (SSSR count). The van der Waals surface area contributed by atoms with Crippen LogP contribution in [0.4, 0.5) is 0 Å². The Bertz CT molecular complexity index is 1270. The Kier molecular flexibility index (Phi) is 6.52. The molecule has 2 fully saturated rings. The molecule has 0 aliphatic carbocycles. The summed E-state index contributed by atoms with van der Waals surface area (Å²) in [5.41, 5.74) is 3.59. The van der Waals surface area contributed by atoms with Crippen molar-refractivity contribution in [1.29, 1.82) is 0 Å². The molecule has 0 bridgehead atoms. The lowest BCUT2D eigenvalue weighted by atomic mass is 9.99. The third-order valence-corrected chi connectivity index (χ3v) is 9.06. The van der Waals surface area contributed by atoms with E-state index in [1.807, 2.05) is 36.0 Å². The van der Waals surface area contributed by atoms with E-state index >= 15 is 0 Å². The van der Waals surface area contributed by atoms with Crippen LogP contribution in [0.15, 0.2) is 91.0 Å². The maximum Gasteiger partial charge on any atom is 0.138 e. The van der Waals surface area contributed by atoms with Crippen LogP contribution in [0.25, 0.3) is 10.8 Å². The predicted molar refractivity (Wildman–Crippen MR) is 147 cm³/mol. The maximum absolute atomic E-state index is 6.50. The third-order valence-electron chi connectivity index (χ3n) is 7.03. The van der Waals surface area contributed by atoms with Crippen molar-refractivity contribution >= 4 is 45.7 Å². The lowest BCUT2D eigenvalue weighted by Gasteiger charge is -2.36. The second-order valence-corrected chi connectivity index (χ2v) is 11.2. The zero-order valence-electron chi connectivity index (χ0n) is 19.2. The number of nitrogens with one attached hydrogen (secondary N) is 1. The van der Waals surface area contributed by atoms with Gasteiger partial charge in [-0.15, -0.1) is 11.8 Å². The number of halogens is 2. The Labute approximate surface area is 220 Å². The molecular weight excluding hydrogens is 495 g/mol. The summed E-state index contributed by atoms with van der Waals surface area (Å²) >= 11 is 14.4. The van der Waals surface area contributed by atoms with Crippen LogP contribution in [0.1, 0.15) is 28.3 Å². The summed E-state index contributed by atoms with van der Waals surface area (Å²) in [6.45, 7) is 2.34. The average Bonchev–Trinajstić information content (AvgIpc) is 3.43. The van der Waals surface area contributed by atoms with Crippen molar-refractivity contribution in [2.45, 2.75) is 23.7 Å². The van der Waals surface area contributed by atoms with Crippen LogP contribution >= 0.6 is 35.0 Å². The van der Waals surface area contributed by atoms with Crippen LogP contribution < -0.4 is 5.32 Å². The van der Waals surface area contributed by atoms with E-state index in [-0.39, 0.29) is 17.1 Å². The van der Waals surface area contributed by atoms with E-state index in [1.54, 1.807) is 0 Å². The van der Waals surface area contributed by atoms with Crippen molar-refractivity contribution in [2.24, 2.45) is 0 Å². The quantitative estimate of drug-likeness (QED) is 0.285. The van der Waals surface area contributed by atoms with Crippen molar-refractivity contribution in [3.05, 3.63) is 118 Å². The number of hydrogen-bond acceptors (Lipinski definition) is 4. The normalized spacial score (nSPS) is 24.2. The van der Waals surface area contributed by atoms with E-state index in [0.29, 0.717) is 6.61 Å². The summed E-state index contributed by atoms with van der Waals surface area (Å²) in [4.78, 5) is 2.56. The van der Waals surface area contributed by atoms with Crippen molar-refractivity contribution < 1.29 is 4.74 Å². The van der Waals surface area contributed by atoms with Gasteiger partial charge < -0.3 is 10.1 Å². The molecule has 2 aliphatic heterocycles. The molecular formula is C29H26Cl2N2OS. The molecule has 0 aromatic heterocycles. The number of hydrogen-bond donors (Lipinski definition) is 1. The Morgan fingerprint density at radius 2 is 1.54 bits per heavy atom. The molecule has 0 saturated carbocycles. The molecule has 0 unspecified atom stereocenters. The molecule has 2 heterocycles. The van der Waals surface area contributed by atoms with Gasteiger partial charge in [-0.25, -0.2) is 4.90 Å². The van der Waals surface area contributed by atoms with Crippen molar-refractivity contribution in [2.75, 3.05) is 18.9 Å². The van der Waals surface area contributed by atoms with Crippen LogP contribution in [-0.2, 0) is 11.3 Å². The average molecular weight is 522 g/mol. The molecule has 3 atom stereocenters. The molecule has 35 heavy (non-hydrogen) atoms. The molecule has 0 spiro atoms. The molecule has 4 aromatic rings. The van der Waals surface area contributed by atoms with Crippen LogP contribution in [-0.4, -0.2) is 29.3 Å². The van der Waals surface area contributed by atoms with E-state index < -0.39 is 0 Å². The van der Waals surface area contributed by atoms with Gasteiger partial charge in [-0.05, 0) is 51.7 Å². The number of ether oxygens (including phenoxy) is 1. The minimum Gasteiger partial charge on any atom is -0.357 e. The standard InChI is InChI=1S/C29H26Cl2N2OS/c30-24-12-8-21(9-13-24)27-33-28(22-10-14-25(31)15-11-22)35-19-29(33,18-34-27)17-32-16-23-6-3-5-20-4-1-2-7-26(20)23/h1-15,27-28,32H,16-19H2/t27-,28-,29+/m1/s1. The second kappa shape index (κ2) is 9.78. The maximum atomic E-state index is 6.50. The summed E-state index contributed by atoms with van der Waals surface area (Å²) in [5, 5.41) is 8.04. The van der Waals surface area contributed by atoms with Crippen LogP contribution in [0, 0.1) is 0 Å². The Morgan fingerprint density at radius 1 is 0.857 bits per heavy atom. The molecule has 1 N–H and O–H groups in total. The fourth-order valence-electron chi connectivity index (χ4n) is 5.28. The number of fused-ring (bicyclic) bond motifs is 2. The Balaban J connectivity index is 1.28. The van der Waals surface area contributed by atoms with Gasteiger partial charge in [0.15, 0.2) is 0 Å². The molecule has 0 radical (unpaired) electrons. The highest BCUT2D eigenvalue weighted by atomic mass is 35.5. The Morgan fingerprint density at radius 3 is 2.31 bits per heavy atom. The highest BCUT2D eigenvalue weighted by Gasteiger charge is 2.55. The summed E-state index contributed by atoms with van der Waals surface area (Å²) in [5.74, 6) is 0.993. The highest BCUT2D eigenvalue weighted by Crippen LogP contribution is 2.55. The van der Waals surface area contributed by atoms with Gasteiger partial charge in [0.25, 0.3) is 0 Å². The number of benzene rings is 4. The minimum absolute atomic E-state index is 0.107. The fourth-order valence-corrected chi connectivity index (χ4v) is 7.18. The summed E-state index contributed by atoms with van der Waals surface area (Å²) in [7, 11) is 0. The molecule has 0 amide bonds. The lowest BCUT2D eigenvalue weighted by molar-refractivity contribution is 0.0184. The van der Waals surface area contributed by atoms with Gasteiger partial charge in [0, 0.05) is 28.9 Å². The largest absolute Gasteiger partial charge is 0.357 e. The smallest absolute Gasteiger partial charge is 0.138 e. The van der Waals surface area contributed by atoms with E-state index in [9.17, 15) is 0 Å². The van der Waals surface area contributed by atoms with Gasteiger partial charge in [-0.3, -0.25) is 0 Å². The van der Waals surface area contributed by atoms with Crippen LogP contribution in [0.3, 0.4) is 0 Å². The van der Waals surface area contributed by atoms with Gasteiger partial charge in [-0.2, -0.15) is 0 Å². The predicted octanol–water partition coefficient (Wildman–Crippen LogP) is 7.45. The van der Waals surface area contributed by atoms with Gasteiger partial charge >= 0.3 is 0 Å². The van der Waals surface area contributed by atoms with Gasteiger partial charge in [0.05, 0.1) is 17.5 Å². The molecule has 2 aliphatic rings. The number of thioether (sulfide) groups is 1. The molecule has 3 nitrogen and oxygen atoms in total. The van der Waals surface area contributed by atoms with Crippen molar-refractivity contribution in [3.8, 4) is 0 Å². The fraction of sp³-hybridized carbons (Fsp3) is 0.241. The van der Waals surface area contributed by atoms with E-state index in [2.05, 4.69) is 76.9 Å². The van der Waals surface area contributed by atoms with E-state index in [0.717, 1.165) is 34.5 Å². The first kappa shape index (κ1) is 23.4. The first-order valence-electron chi connectivity index (χ1n) is 11.8. The van der Waals surface area contributed by atoms with Gasteiger partial charge in [-0.1, -0.05) is 89.9 Å². The van der Waals surface area contributed by atoms with Crippen LogP contribution in [0.2, 0.25) is 10.0 Å². The summed E-state index contributed by atoms with van der Waals surface area (Å²) < 4.78 is 6.50. The molecule has 4 aromatic carbocycles. The van der Waals surface area contributed by atoms with Crippen molar-refractivity contribution in [1.82, 2.24) is 10.2 Å². The minimum atomic E-state index is -0.123. The number of nitrogens with zero attached hydrogens (tertiary/aromatic N) is 1. The molecule has 2 saturated heterocycles. The number of rotatable bonds is 6. The SMILES string of the molecule is Clc1ccc([C@H]2OC[C@@]3(CNCc4cccc5ccccc45)CS[C@H](c4ccc(Cl)cc4)N23)cc1. The van der Waals surface area contributed by atoms with E-state index in [4.69, 9.17) is 27.9 Å². The van der Waals surface area contributed by atoms with Gasteiger partial charge in [0.1, 0.15) is 6.23 Å². The first-order chi connectivity index (χ1) is 17.1. The van der Waals surface area contributed by atoms with Crippen molar-refractivity contribution in [3.63, 3.8) is 0 Å². The summed E-state index contributed by atoms with van der Waals surface area (Å²) in [6, 6.07) is 31.4. The first-order valence-corrected chi connectivity index (χ1v) is 13.6. The monoisotopic (exact) mass is 520 g/mol. The highest BCUT2D eigenvalue weighted by molar-refractivity contribution is 7.99.